The van der Waals surface area contributed by atoms with Crippen LogP contribution in [0, 0.1) is 0 Å². The maximum atomic E-state index is 9.79. The second-order valence-electron chi connectivity index (χ2n) is 1.10. The van der Waals surface area contributed by atoms with Gasteiger partial charge in [0.15, 0.2) is 0 Å². The lowest BCUT2D eigenvalue weighted by molar-refractivity contribution is -0.125. The van der Waals surface area contributed by atoms with Crippen molar-refractivity contribution < 1.29 is 4.79 Å². The molecule has 0 aromatic carbocycles. The van der Waals surface area contributed by atoms with Crippen molar-refractivity contribution in [3.8, 4) is 0 Å². The van der Waals surface area contributed by atoms with Gasteiger partial charge in [0.2, 0.25) is 5.91 Å². The first-order valence-corrected chi connectivity index (χ1v) is 2.66. The Kier molecular flexibility index (Phi) is 3.38. The van der Waals surface area contributed by atoms with Gasteiger partial charge in [-0.15, -0.1) is 0 Å². The molecule has 2 heteroatoms. The topological polar surface area (TPSA) is 29.1 Å². The lowest BCUT2D eigenvalue weighted by Gasteiger charge is -2.10. The van der Waals surface area contributed by atoms with E-state index < -0.39 is 0 Å². The molecule has 1 N–H and O–H groups in total. The summed E-state index contributed by atoms with van der Waals surface area (Å²) in [6.45, 7) is 4.89. The van der Waals surface area contributed by atoms with Gasteiger partial charge in [-0.3, -0.25) is 4.79 Å². The highest BCUT2D eigenvalue weighted by atomic mass is 16.2. The third-order valence-electron chi connectivity index (χ3n) is 0.674. The Morgan fingerprint density at radius 1 is 1.57 bits per heavy atom. The van der Waals surface area contributed by atoms with Gasteiger partial charge in [-0.1, -0.05) is 13.8 Å². The molecule has 1 amide bonds. The predicted molar refractivity (Wildman–Crippen MR) is 29.0 cm³/mol. The van der Waals surface area contributed by atoms with E-state index in [0.29, 0.717) is 0 Å². The fraction of sp³-hybridized carbons (Fsp3) is 0.800. The largest absolute Gasteiger partial charge is 0.356 e. The molecule has 1 saturated heterocycles. The third-order valence-corrected chi connectivity index (χ3v) is 0.674. The van der Waals surface area contributed by atoms with Crippen LogP contribution in [0.25, 0.3) is 0 Å². The van der Waals surface area contributed by atoms with Crippen molar-refractivity contribution in [1.82, 2.24) is 5.32 Å². The molecule has 0 aromatic heterocycles. The van der Waals surface area contributed by atoms with Gasteiger partial charge < -0.3 is 5.32 Å². The molecule has 2 nitrogen and oxygen atoms in total. The van der Waals surface area contributed by atoms with Gasteiger partial charge in [0.25, 0.3) is 0 Å². The summed E-state index contributed by atoms with van der Waals surface area (Å²) in [7, 11) is 0. The van der Waals surface area contributed by atoms with Crippen molar-refractivity contribution in [2.24, 2.45) is 0 Å². The second kappa shape index (κ2) is 3.65. The lowest BCUT2D eigenvalue weighted by atomic mass is 10.3. The van der Waals surface area contributed by atoms with E-state index in [4.69, 9.17) is 0 Å². The van der Waals surface area contributed by atoms with Crippen molar-refractivity contribution in [2.45, 2.75) is 20.3 Å². The predicted octanol–water partition coefficient (Wildman–Crippen LogP) is 0.532. The Morgan fingerprint density at radius 2 is 1.86 bits per heavy atom. The van der Waals surface area contributed by atoms with E-state index in [9.17, 15) is 4.79 Å². The van der Waals surface area contributed by atoms with Crippen molar-refractivity contribution in [3.63, 3.8) is 0 Å². The Morgan fingerprint density at radius 3 is 1.86 bits per heavy atom. The minimum Gasteiger partial charge on any atom is -0.356 e. The van der Waals surface area contributed by atoms with Crippen LogP contribution in [0.4, 0.5) is 0 Å². The average Bonchev–Trinajstić information content (AvgIpc) is 1.68. The van der Waals surface area contributed by atoms with Crippen LogP contribution in [-0.2, 0) is 4.79 Å². The second-order valence-corrected chi connectivity index (χ2v) is 1.10. The van der Waals surface area contributed by atoms with Crippen molar-refractivity contribution in [1.29, 1.82) is 0 Å². The molecule has 7 heavy (non-hydrogen) atoms. The molecule has 1 aliphatic heterocycles. The number of hydrogen-bond donors (Lipinski definition) is 1. The summed E-state index contributed by atoms with van der Waals surface area (Å²) in [6, 6.07) is 0. The summed E-state index contributed by atoms with van der Waals surface area (Å²) in [6.07, 6.45) is 0.736. The quantitative estimate of drug-likeness (QED) is 0.443. The first-order valence-electron chi connectivity index (χ1n) is 2.66. The molecule has 0 bridgehead atoms. The minimum atomic E-state index is 0.185. The van der Waals surface area contributed by atoms with Crippen LogP contribution in [0.2, 0.25) is 0 Å². The van der Waals surface area contributed by atoms with Crippen LogP contribution in [0.5, 0.6) is 0 Å². The number of carbonyl (C=O) groups excluding carboxylic acids is 1. The third kappa shape index (κ3) is 2.20. The maximum Gasteiger partial charge on any atom is 0.221 e. The number of β-lactam (4-membered cyclic amide) rings is 1. The zero-order valence-corrected chi connectivity index (χ0v) is 4.82. The molecule has 0 saturated carbocycles. The first-order chi connectivity index (χ1) is 3.39. The standard InChI is InChI=1S/C3H5NO.C2H6/c5-3-1-2-4-3;1-2/h1-2H2,(H,4,5);1-2H3. The van der Waals surface area contributed by atoms with Crippen LogP contribution in [-0.4, -0.2) is 12.5 Å². The number of nitrogens with one attached hydrogen (secondary N) is 1. The molecule has 1 fully saturated rings. The molecule has 0 radical (unpaired) electrons. The smallest absolute Gasteiger partial charge is 0.221 e. The first kappa shape index (κ1) is 6.47. The van der Waals surface area contributed by atoms with Gasteiger partial charge in [-0.05, 0) is 0 Å². The molecular formula is C5H11NO. The van der Waals surface area contributed by atoms with E-state index in [0.717, 1.165) is 13.0 Å². The van der Waals surface area contributed by atoms with Crippen LogP contribution in [0.1, 0.15) is 20.3 Å². The van der Waals surface area contributed by atoms with E-state index in [2.05, 4.69) is 5.32 Å². The Labute approximate surface area is 43.9 Å². The molecule has 0 aromatic rings. The molecular weight excluding hydrogens is 90.1 g/mol. The van der Waals surface area contributed by atoms with Crippen LogP contribution in [0.3, 0.4) is 0 Å². The van der Waals surface area contributed by atoms with Crippen molar-refractivity contribution in [2.75, 3.05) is 6.54 Å². The normalized spacial score (nSPS) is 15.4. The molecule has 1 rings (SSSR count). The molecule has 0 unspecified atom stereocenters. The summed E-state index contributed by atoms with van der Waals surface area (Å²) in [5, 5.41) is 2.57. The summed E-state index contributed by atoms with van der Waals surface area (Å²) < 4.78 is 0. The van der Waals surface area contributed by atoms with Gasteiger partial charge in [-0.25, -0.2) is 0 Å². The molecule has 1 heterocycles. The fourth-order valence-electron chi connectivity index (χ4n) is 0.227. The molecule has 0 spiro atoms. The monoisotopic (exact) mass is 101 g/mol. The average molecular weight is 101 g/mol. The zero-order chi connectivity index (χ0) is 5.70. The molecule has 0 atom stereocenters. The van der Waals surface area contributed by atoms with Crippen molar-refractivity contribution >= 4 is 5.91 Å². The number of carbonyl (C=O) groups is 1. The van der Waals surface area contributed by atoms with Gasteiger partial charge in [0, 0.05) is 13.0 Å². The highest BCUT2D eigenvalue weighted by molar-refractivity contribution is 5.81. The Balaban J connectivity index is 0.000000162. The van der Waals surface area contributed by atoms with Crippen molar-refractivity contribution in [3.05, 3.63) is 0 Å². The van der Waals surface area contributed by atoms with E-state index in [1.165, 1.54) is 0 Å². The van der Waals surface area contributed by atoms with Crippen LogP contribution < -0.4 is 5.32 Å². The number of amides is 1. The highest BCUT2D eigenvalue weighted by Crippen LogP contribution is 1.85. The van der Waals surface area contributed by atoms with E-state index >= 15 is 0 Å². The van der Waals surface area contributed by atoms with Crippen LogP contribution in [0.15, 0.2) is 0 Å². The van der Waals surface area contributed by atoms with Gasteiger partial charge in [0.05, 0.1) is 0 Å². The fourth-order valence-corrected chi connectivity index (χ4v) is 0.227. The molecule has 0 aliphatic carbocycles. The van der Waals surface area contributed by atoms with Gasteiger partial charge in [-0.2, -0.15) is 0 Å². The maximum absolute atomic E-state index is 9.79. The summed E-state index contributed by atoms with van der Waals surface area (Å²) in [5.41, 5.74) is 0. The number of rotatable bonds is 0. The highest BCUT2D eigenvalue weighted by Gasteiger charge is 2.07. The molecule has 1 aliphatic rings. The molecule has 42 valence electrons. The summed E-state index contributed by atoms with van der Waals surface area (Å²) in [4.78, 5) is 9.79. The Bertz CT molecular complexity index is 55.1. The lowest BCUT2D eigenvalue weighted by Crippen LogP contribution is -2.37. The SMILES string of the molecule is CC.O=C1CCN1. The van der Waals surface area contributed by atoms with E-state index in [1.54, 1.807) is 0 Å². The number of hydrogen-bond acceptors (Lipinski definition) is 1. The summed E-state index contributed by atoms with van der Waals surface area (Å²) >= 11 is 0. The van der Waals surface area contributed by atoms with E-state index in [1.807, 2.05) is 13.8 Å². The van der Waals surface area contributed by atoms with Gasteiger partial charge in [0.1, 0.15) is 0 Å². The van der Waals surface area contributed by atoms with E-state index in [-0.39, 0.29) is 5.91 Å². The minimum absolute atomic E-state index is 0.185. The zero-order valence-electron chi connectivity index (χ0n) is 4.82. The summed E-state index contributed by atoms with van der Waals surface area (Å²) in [5.74, 6) is 0.185. The Hall–Kier alpha value is -0.530. The van der Waals surface area contributed by atoms with Gasteiger partial charge >= 0.3 is 0 Å². The van der Waals surface area contributed by atoms with Crippen LogP contribution >= 0.6 is 0 Å².